The molecule has 1 aromatic rings. The average Bonchev–Trinajstić information content (AvgIpc) is 2.51. The van der Waals surface area contributed by atoms with Crippen LogP contribution in [0, 0.1) is 23.0 Å². The first-order valence-electron chi connectivity index (χ1n) is 8.20. The lowest BCUT2D eigenvalue weighted by molar-refractivity contribution is -0.134. The van der Waals surface area contributed by atoms with Crippen LogP contribution in [-0.4, -0.2) is 42.9 Å². The number of hydrogen-bond donors (Lipinski definition) is 2. The molecule has 0 bridgehead atoms. The molecule has 8 heteroatoms. The summed E-state index contributed by atoms with van der Waals surface area (Å²) in [5.74, 6) is -3.47. The summed E-state index contributed by atoms with van der Waals surface area (Å²) in [7, 11) is 1.62. The van der Waals surface area contributed by atoms with Crippen molar-refractivity contribution in [3.05, 3.63) is 35.4 Å². The zero-order valence-electron chi connectivity index (χ0n) is 15.8. The van der Waals surface area contributed by atoms with Gasteiger partial charge in [-0.3, -0.25) is 9.59 Å². The van der Waals surface area contributed by atoms with Gasteiger partial charge in [0.15, 0.2) is 0 Å². The van der Waals surface area contributed by atoms with E-state index in [2.05, 4.69) is 5.32 Å². The molecule has 0 aliphatic rings. The minimum absolute atomic E-state index is 0. The Morgan fingerprint density at radius 2 is 1.73 bits per heavy atom. The first kappa shape index (κ1) is 24.3. The van der Waals surface area contributed by atoms with E-state index in [0.717, 1.165) is 12.1 Å². The van der Waals surface area contributed by atoms with Crippen LogP contribution in [0.15, 0.2) is 18.2 Å². The van der Waals surface area contributed by atoms with Crippen molar-refractivity contribution in [2.24, 2.45) is 17.1 Å². The Labute approximate surface area is 159 Å². The van der Waals surface area contributed by atoms with Crippen molar-refractivity contribution in [2.45, 2.75) is 33.7 Å². The van der Waals surface area contributed by atoms with Crippen molar-refractivity contribution in [2.75, 3.05) is 20.1 Å². The number of rotatable bonds is 7. The van der Waals surface area contributed by atoms with Crippen LogP contribution in [0.4, 0.5) is 8.78 Å². The second-order valence-electron chi connectivity index (χ2n) is 7.35. The molecule has 5 nitrogen and oxygen atoms in total. The molecule has 1 rings (SSSR count). The van der Waals surface area contributed by atoms with Crippen molar-refractivity contribution in [3.8, 4) is 0 Å². The fraction of sp³-hybridized carbons (Fsp3) is 0.556. The molecule has 1 unspecified atom stereocenters. The number of nitrogens with two attached hydrogens (primary N) is 1. The van der Waals surface area contributed by atoms with E-state index in [1.165, 1.54) is 11.0 Å². The molecule has 0 radical (unpaired) electrons. The number of carbonyl (C=O) groups excluding carboxylic acids is 2. The molecule has 1 atom stereocenters. The lowest BCUT2D eigenvalue weighted by atomic mass is 9.92. The smallest absolute Gasteiger partial charge is 0.257 e. The molecule has 0 aromatic heterocycles. The summed E-state index contributed by atoms with van der Waals surface area (Å²) in [6, 6.07) is 2.28. The third kappa shape index (κ3) is 6.21. The molecule has 0 saturated carbocycles. The van der Waals surface area contributed by atoms with Crippen molar-refractivity contribution in [3.63, 3.8) is 0 Å². The molecule has 0 spiro atoms. The average molecular weight is 392 g/mol. The van der Waals surface area contributed by atoms with Gasteiger partial charge < -0.3 is 16.0 Å². The summed E-state index contributed by atoms with van der Waals surface area (Å²) in [4.78, 5) is 26.5. The van der Waals surface area contributed by atoms with Gasteiger partial charge in [-0.1, -0.05) is 33.8 Å². The summed E-state index contributed by atoms with van der Waals surface area (Å²) < 4.78 is 27.5. The van der Waals surface area contributed by atoms with E-state index >= 15 is 0 Å². The highest BCUT2D eigenvalue weighted by atomic mass is 35.5. The summed E-state index contributed by atoms with van der Waals surface area (Å²) in [6.07, 6.45) is 0. The van der Waals surface area contributed by atoms with Gasteiger partial charge in [0.05, 0.1) is 0 Å². The highest BCUT2D eigenvalue weighted by Gasteiger charge is 2.31. The molecule has 0 heterocycles. The van der Waals surface area contributed by atoms with Crippen LogP contribution in [0.25, 0.3) is 0 Å². The van der Waals surface area contributed by atoms with Gasteiger partial charge in [0.1, 0.15) is 23.2 Å². The monoisotopic (exact) mass is 391 g/mol. The van der Waals surface area contributed by atoms with Crippen molar-refractivity contribution in [1.82, 2.24) is 10.2 Å². The second kappa shape index (κ2) is 9.83. The van der Waals surface area contributed by atoms with Gasteiger partial charge in [-0.25, -0.2) is 8.78 Å². The molecular weight excluding hydrogens is 364 g/mol. The van der Waals surface area contributed by atoms with Gasteiger partial charge in [-0.05, 0) is 30.0 Å². The van der Waals surface area contributed by atoms with Crippen LogP contribution in [0.2, 0.25) is 0 Å². The molecule has 0 fully saturated rings. The fourth-order valence-corrected chi connectivity index (χ4v) is 2.46. The molecule has 2 amide bonds. The molecule has 0 saturated heterocycles. The number of halogens is 3. The van der Waals surface area contributed by atoms with Gasteiger partial charge in [0, 0.05) is 13.6 Å². The van der Waals surface area contributed by atoms with Crippen LogP contribution in [0.5, 0.6) is 0 Å². The number of hydrogen-bond acceptors (Lipinski definition) is 3. The second-order valence-corrected chi connectivity index (χ2v) is 7.35. The van der Waals surface area contributed by atoms with Crippen LogP contribution >= 0.6 is 12.4 Å². The van der Waals surface area contributed by atoms with E-state index < -0.39 is 29.1 Å². The molecule has 0 aliphatic heterocycles. The van der Waals surface area contributed by atoms with E-state index in [1.807, 2.05) is 13.8 Å². The largest absolute Gasteiger partial charge is 0.343 e. The maximum atomic E-state index is 13.8. The molecule has 1 aromatic carbocycles. The molecule has 3 N–H and O–H groups in total. The number of nitrogens with zero attached hydrogens (tertiary/aromatic N) is 1. The van der Waals surface area contributed by atoms with E-state index in [4.69, 9.17) is 5.73 Å². The minimum atomic E-state index is -0.968. The Bertz CT molecular complexity index is 619. The van der Waals surface area contributed by atoms with Crippen LogP contribution in [0.1, 0.15) is 38.1 Å². The summed E-state index contributed by atoms with van der Waals surface area (Å²) in [5.41, 5.74) is 4.72. The first-order valence-corrected chi connectivity index (χ1v) is 8.20. The highest BCUT2D eigenvalue weighted by molar-refractivity contribution is 5.98. The third-order valence-corrected chi connectivity index (χ3v) is 4.00. The van der Waals surface area contributed by atoms with E-state index in [0.29, 0.717) is 13.1 Å². The molecule has 26 heavy (non-hydrogen) atoms. The lowest BCUT2D eigenvalue weighted by Gasteiger charge is -2.32. The zero-order chi connectivity index (χ0) is 19.4. The number of likely N-dealkylation sites (N-methyl/N-ethyl adjacent to an activating group) is 1. The van der Waals surface area contributed by atoms with Crippen LogP contribution in [0.3, 0.4) is 0 Å². The van der Waals surface area contributed by atoms with Gasteiger partial charge >= 0.3 is 0 Å². The predicted molar refractivity (Wildman–Crippen MR) is 100 cm³/mol. The van der Waals surface area contributed by atoms with E-state index in [1.54, 1.807) is 20.9 Å². The number of benzene rings is 1. The number of carbonyl (C=O) groups is 2. The minimum Gasteiger partial charge on any atom is -0.343 e. The normalized spacial score (nSPS) is 12.3. The summed E-state index contributed by atoms with van der Waals surface area (Å²) in [5, 5.41) is 2.46. The number of amides is 2. The Balaban J connectivity index is 0.00000625. The quantitative estimate of drug-likeness (QED) is 0.750. The maximum Gasteiger partial charge on any atom is 0.257 e. The van der Waals surface area contributed by atoms with E-state index in [-0.39, 0.29) is 29.6 Å². The van der Waals surface area contributed by atoms with Gasteiger partial charge in [-0.15, -0.1) is 12.4 Å². The van der Waals surface area contributed by atoms with Crippen molar-refractivity contribution < 1.29 is 18.4 Å². The Hall–Kier alpha value is -1.73. The standard InChI is InChI=1S/C18H27F2N3O2.ClH/c1-11(2)15(17(25)23(5)10-18(3,4)9-21)22-16(24)14-12(19)7-6-8-13(14)20;/h6-8,11,15H,9-10,21H2,1-5H3,(H,22,24);1H. The Kier molecular flexibility index (Phi) is 9.17. The van der Waals surface area contributed by atoms with Crippen molar-refractivity contribution in [1.29, 1.82) is 0 Å². The van der Waals surface area contributed by atoms with E-state index in [9.17, 15) is 18.4 Å². The Morgan fingerprint density at radius 1 is 1.23 bits per heavy atom. The number of nitrogens with one attached hydrogen (secondary N) is 1. The van der Waals surface area contributed by atoms with Gasteiger partial charge in [0.25, 0.3) is 5.91 Å². The first-order chi connectivity index (χ1) is 11.5. The zero-order valence-corrected chi connectivity index (χ0v) is 16.6. The summed E-state index contributed by atoms with van der Waals surface area (Å²) in [6.45, 7) is 8.15. The summed E-state index contributed by atoms with van der Waals surface area (Å²) >= 11 is 0. The lowest BCUT2D eigenvalue weighted by Crippen LogP contribution is -2.52. The molecular formula is C18H28ClF2N3O2. The Morgan fingerprint density at radius 3 is 2.15 bits per heavy atom. The van der Waals surface area contributed by atoms with Crippen LogP contribution < -0.4 is 11.1 Å². The highest BCUT2D eigenvalue weighted by Crippen LogP contribution is 2.17. The van der Waals surface area contributed by atoms with Crippen molar-refractivity contribution >= 4 is 24.2 Å². The maximum absolute atomic E-state index is 13.8. The topological polar surface area (TPSA) is 75.4 Å². The predicted octanol–water partition coefficient (Wildman–Crippen LogP) is 2.58. The fourth-order valence-electron chi connectivity index (χ4n) is 2.46. The van der Waals surface area contributed by atoms with Gasteiger partial charge in [0.2, 0.25) is 5.91 Å². The third-order valence-electron chi connectivity index (χ3n) is 4.00. The molecule has 148 valence electrons. The SMILES string of the molecule is CC(C)C(NC(=O)c1c(F)cccc1F)C(=O)N(C)CC(C)(C)CN.Cl. The van der Waals surface area contributed by atoms with Gasteiger partial charge in [-0.2, -0.15) is 0 Å². The van der Waals surface area contributed by atoms with Crippen LogP contribution in [-0.2, 0) is 4.79 Å². The molecule has 0 aliphatic carbocycles.